The van der Waals surface area contributed by atoms with Crippen LogP contribution in [0.1, 0.15) is 16.1 Å². The number of nitrogens with one attached hydrogen (secondary N) is 1. The van der Waals surface area contributed by atoms with Gasteiger partial charge in [-0.05, 0) is 23.6 Å². The lowest BCUT2D eigenvalue weighted by molar-refractivity contribution is 0.244. The molecule has 0 bridgehead atoms. The molecule has 0 saturated heterocycles. The first-order valence-corrected chi connectivity index (χ1v) is 9.39. The Morgan fingerprint density at radius 2 is 2.26 bits per heavy atom. The van der Waals surface area contributed by atoms with Crippen molar-refractivity contribution >= 4 is 34.3 Å². The molecule has 1 aliphatic heterocycles. The summed E-state index contributed by atoms with van der Waals surface area (Å²) in [6.45, 7) is 2.36. The molecule has 3 aromatic rings. The number of H-pyrrole nitrogens is 1. The van der Waals surface area contributed by atoms with Crippen LogP contribution in [0.4, 0.5) is 0 Å². The molecule has 0 amide bonds. The third-order valence-electron chi connectivity index (χ3n) is 3.91. The molecule has 1 N–H and O–H groups in total. The van der Waals surface area contributed by atoms with Crippen molar-refractivity contribution in [3.05, 3.63) is 60.5 Å². The first-order chi connectivity index (χ1) is 11.2. The number of aromatic amines is 1. The summed E-state index contributed by atoms with van der Waals surface area (Å²) in [5.74, 6) is 0.683. The van der Waals surface area contributed by atoms with Crippen molar-refractivity contribution in [3.8, 4) is 10.7 Å². The van der Waals surface area contributed by atoms with Gasteiger partial charge in [0, 0.05) is 30.9 Å². The minimum absolute atomic E-state index is 0.0210. The van der Waals surface area contributed by atoms with E-state index in [0.29, 0.717) is 12.4 Å². The van der Waals surface area contributed by atoms with E-state index < -0.39 is 0 Å². The molecule has 1 aliphatic rings. The van der Waals surface area contributed by atoms with E-state index in [1.54, 1.807) is 22.7 Å². The molecule has 23 heavy (non-hydrogen) atoms. The Morgan fingerprint density at radius 1 is 1.35 bits per heavy atom. The van der Waals surface area contributed by atoms with Crippen LogP contribution in [0.3, 0.4) is 0 Å². The highest BCUT2D eigenvalue weighted by Crippen LogP contribution is 2.26. The van der Waals surface area contributed by atoms with Gasteiger partial charge in [-0.25, -0.2) is 4.98 Å². The fourth-order valence-corrected chi connectivity index (χ4v) is 4.60. The van der Waals surface area contributed by atoms with E-state index in [0.717, 1.165) is 40.0 Å². The second-order valence-corrected chi connectivity index (χ2v) is 8.23. The first kappa shape index (κ1) is 15.1. The summed E-state index contributed by atoms with van der Waals surface area (Å²) < 4.78 is 0.803. The van der Waals surface area contributed by atoms with E-state index in [4.69, 9.17) is 11.6 Å². The Kier molecular flexibility index (Phi) is 4.07. The average Bonchev–Trinajstić information content (AvgIpc) is 3.20. The van der Waals surface area contributed by atoms with Crippen LogP contribution in [-0.2, 0) is 19.5 Å². The highest BCUT2D eigenvalue weighted by molar-refractivity contribution is 7.16. The van der Waals surface area contributed by atoms with E-state index in [2.05, 4.69) is 14.9 Å². The van der Waals surface area contributed by atoms with Crippen LogP contribution in [0.2, 0.25) is 4.34 Å². The Hall–Kier alpha value is -1.47. The van der Waals surface area contributed by atoms with E-state index >= 15 is 0 Å². The molecule has 0 unspecified atom stereocenters. The number of hydrogen-bond donors (Lipinski definition) is 1. The quantitative estimate of drug-likeness (QED) is 0.770. The molecule has 0 aliphatic carbocycles. The summed E-state index contributed by atoms with van der Waals surface area (Å²) in [7, 11) is 0. The van der Waals surface area contributed by atoms with Crippen molar-refractivity contribution in [3.63, 3.8) is 0 Å². The molecule has 0 aromatic carbocycles. The lowest BCUT2D eigenvalue weighted by Gasteiger charge is -2.27. The predicted molar refractivity (Wildman–Crippen MR) is 95.3 cm³/mol. The molecule has 118 valence electrons. The lowest BCUT2D eigenvalue weighted by atomic mass is 10.1. The maximum absolute atomic E-state index is 12.4. The zero-order chi connectivity index (χ0) is 15.8. The van der Waals surface area contributed by atoms with Gasteiger partial charge in [0.2, 0.25) is 0 Å². The van der Waals surface area contributed by atoms with Gasteiger partial charge in [-0.2, -0.15) is 0 Å². The van der Waals surface area contributed by atoms with Gasteiger partial charge in [0.05, 0.1) is 20.5 Å². The minimum atomic E-state index is -0.0210. The van der Waals surface area contributed by atoms with Gasteiger partial charge in [0.1, 0.15) is 0 Å². The van der Waals surface area contributed by atoms with Crippen molar-refractivity contribution in [2.45, 2.75) is 19.5 Å². The first-order valence-electron chi connectivity index (χ1n) is 7.31. The molecule has 0 spiro atoms. The maximum atomic E-state index is 12.4. The molecule has 0 fully saturated rings. The summed E-state index contributed by atoms with van der Waals surface area (Å²) in [4.78, 5) is 24.5. The van der Waals surface area contributed by atoms with E-state index in [1.165, 1.54) is 4.88 Å². The third kappa shape index (κ3) is 3.12. The number of rotatable bonds is 3. The monoisotopic (exact) mass is 363 g/mol. The predicted octanol–water partition coefficient (Wildman–Crippen LogP) is 3.77. The highest BCUT2D eigenvalue weighted by Gasteiger charge is 2.22. The van der Waals surface area contributed by atoms with Crippen LogP contribution in [0, 0.1) is 0 Å². The van der Waals surface area contributed by atoms with Crippen molar-refractivity contribution in [2.75, 3.05) is 6.54 Å². The minimum Gasteiger partial charge on any atom is -0.306 e. The lowest BCUT2D eigenvalue weighted by Crippen LogP contribution is -2.35. The average molecular weight is 364 g/mol. The SMILES string of the molecule is O=c1[nH]c(-c2cccs2)nc2c1CN(Cc1ccc(Cl)s1)CC2. The smallest absolute Gasteiger partial charge is 0.255 e. The van der Waals surface area contributed by atoms with Gasteiger partial charge in [0.15, 0.2) is 5.82 Å². The molecule has 7 heteroatoms. The summed E-state index contributed by atoms with van der Waals surface area (Å²) >= 11 is 9.16. The Labute approximate surface area is 146 Å². The van der Waals surface area contributed by atoms with Gasteiger partial charge in [-0.1, -0.05) is 17.7 Å². The van der Waals surface area contributed by atoms with Gasteiger partial charge in [-0.15, -0.1) is 22.7 Å². The third-order valence-corrected chi connectivity index (χ3v) is 6.00. The topological polar surface area (TPSA) is 49.0 Å². The van der Waals surface area contributed by atoms with E-state index in [1.807, 2.05) is 29.6 Å². The van der Waals surface area contributed by atoms with Gasteiger partial charge in [-0.3, -0.25) is 9.69 Å². The molecule has 3 aromatic heterocycles. The van der Waals surface area contributed by atoms with Gasteiger partial charge < -0.3 is 4.98 Å². The van der Waals surface area contributed by atoms with Gasteiger partial charge in [0.25, 0.3) is 5.56 Å². The summed E-state index contributed by atoms with van der Waals surface area (Å²) in [5.41, 5.74) is 1.70. The van der Waals surface area contributed by atoms with Crippen LogP contribution in [0.5, 0.6) is 0 Å². The van der Waals surface area contributed by atoms with E-state index in [9.17, 15) is 4.79 Å². The maximum Gasteiger partial charge on any atom is 0.255 e. The second-order valence-electron chi connectivity index (χ2n) is 5.48. The summed E-state index contributed by atoms with van der Waals surface area (Å²) in [6.07, 6.45) is 0.802. The Bertz CT molecular complexity index is 885. The standard InChI is InChI=1S/C16H14ClN3OS2/c17-14-4-3-10(23-14)8-20-6-5-12-11(9-20)16(21)19-15(18-12)13-2-1-7-22-13/h1-4,7H,5-6,8-9H2,(H,18,19,21). The zero-order valence-corrected chi connectivity index (χ0v) is 14.6. The van der Waals surface area contributed by atoms with Crippen molar-refractivity contribution in [1.82, 2.24) is 14.9 Å². The highest BCUT2D eigenvalue weighted by atomic mass is 35.5. The molecule has 0 saturated carbocycles. The summed E-state index contributed by atoms with van der Waals surface area (Å²) in [6, 6.07) is 7.91. The number of fused-ring (bicyclic) bond motifs is 1. The largest absolute Gasteiger partial charge is 0.306 e. The van der Waals surface area contributed by atoms with E-state index in [-0.39, 0.29) is 5.56 Å². The van der Waals surface area contributed by atoms with Gasteiger partial charge >= 0.3 is 0 Å². The number of nitrogens with zero attached hydrogens (tertiary/aromatic N) is 2. The van der Waals surface area contributed by atoms with Crippen molar-refractivity contribution in [2.24, 2.45) is 0 Å². The molecule has 0 atom stereocenters. The van der Waals surface area contributed by atoms with Crippen LogP contribution in [-0.4, -0.2) is 21.4 Å². The number of thiophene rings is 2. The molecule has 4 rings (SSSR count). The molecular weight excluding hydrogens is 350 g/mol. The normalized spacial score (nSPS) is 14.8. The fraction of sp³-hybridized carbons (Fsp3) is 0.250. The number of halogens is 1. The molecule has 4 nitrogen and oxygen atoms in total. The number of hydrogen-bond acceptors (Lipinski definition) is 5. The van der Waals surface area contributed by atoms with Crippen LogP contribution >= 0.6 is 34.3 Å². The van der Waals surface area contributed by atoms with Crippen LogP contribution in [0.25, 0.3) is 10.7 Å². The Balaban J connectivity index is 1.59. The fourth-order valence-electron chi connectivity index (χ4n) is 2.80. The van der Waals surface area contributed by atoms with Crippen molar-refractivity contribution < 1.29 is 0 Å². The Morgan fingerprint density at radius 3 is 3.00 bits per heavy atom. The van der Waals surface area contributed by atoms with Crippen LogP contribution < -0.4 is 5.56 Å². The molecule has 0 radical (unpaired) electrons. The second kappa shape index (κ2) is 6.20. The molecule has 4 heterocycles. The zero-order valence-electron chi connectivity index (χ0n) is 12.2. The summed E-state index contributed by atoms with van der Waals surface area (Å²) in [5, 5.41) is 1.99. The van der Waals surface area contributed by atoms with Crippen LogP contribution in [0.15, 0.2) is 34.4 Å². The number of aromatic nitrogens is 2. The molecular formula is C16H14ClN3OS2. The van der Waals surface area contributed by atoms with Crippen molar-refractivity contribution in [1.29, 1.82) is 0 Å².